The highest BCUT2D eigenvalue weighted by Crippen LogP contribution is 2.28. The molecule has 2 fully saturated rings. The minimum atomic E-state index is -1.48. The molecule has 8 atom stereocenters. The molecular weight excluding hydrogens is 566 g/mol. The number of aliphatic hydroxyl groups is 3. The number of aliphatic hydroxyl groups excluding tert-OH is 3. The number of rotatable bonds is 11. The normalized spacial score (nSPS) is 25.8. The number of carbonyl (C=O) groups is 4. The van der Waals surface area contributed by atoms with Crippen molar-refractivity contribution in [1.82, 2.24) is 25.1 Å². The molecule has 2 aliphatic heterocycles. The minimum absolute atomic E-state index is 0.102. The summed E-state index contributed by atoms with van der Waals surface area (Å²) in [5.41, 5.74) is 4.97. The number of carbonyl (C=O) groups excluding carboxylic acids is 4. The van der Waals surface area contributed by atoms with Crippen molar-refractivity contribution in [2.45, 2.75) is 96.2 Å². The van der Waals surface area contributed by atoms with E-state index in [2.05, 4.69) is 20.9 Å². The lowest BCUT2D eigenvalue weighted by molar-refractivity contribution is -0.141. The van der Waals surface area contributed by atoms with E-state index in [4.69, 9.17) is 10.5 Å². The Hall–Kier alpha value is -3.44. The maximum atomic E-state index is 13.6. The van der Waals surface area contributed by atoms with E-state index in [0.29, 0.717) is 12.8 Å². The highest BCUT2D eigenvalue weighted by Gasteiger charge is 2.44. The summed E-state index contributed by atoms with van der Waals surface area (Å²) in [6.07, 6.45) is -3.16. The number of likely N-dealkylation sites (tertiary alicyclic amines) is 1. The summed E-state index contributed by atoms with van der Waals surface area (Å²) < 4.78 is 6.28. The Kier molecular flexibility index (Phi) is 11.4. The maximum Gasteiger partial charge on any atom is 0.351 e. The van der Waals surface area contributed by atoms with Gasteiger partial charge in [0.15, 0.2) is 6.23 Å². The van der Waals surface area contributed by atoms with Crippen LogP contribution >= 0.6 is 0 Å². The van der Waals surface area contributed by atoms with E-state index in [-0.39, 0.29) is 24.2 Å². The minimum Gasteiger partial charge on any atom is -0.394 e. The van der Waals surface area contributed by atoms with E-state index in [1.165, 1.54) is 24.1 Å². The molecule has 0 aliphatic carbocycles. The Morgan fingerprint density at radius 2 is 1.74 bits per heavy atom. The van der Waals surface area contributed by atoms with Gasteiger partial charge in [0, 0.05) is 12.7 Å². The number of hydrogen-bond donors (Lipinski definition) is 7. The molecule has 0 spiro atoms. The van der Waals surface area contributed by atoms with Crippen LogP contribution in [0.1, 0.15) is 53.7 Å². The summed E-state index contributed by atoms with van der Waals surface area (Å²) in [6.45, 7) is 8.25. The van der Waals surface area contributed by atoms with Gasteiger partial charge in [-0.3, -0.25) is 23.7 Å². The molecule has 2 saturated heterocycles. The van der Waals surface area contributed by atoms with Crippen LogP contribution in [0.3, 0.4) is 0 Å². The van der Waals surface area contributed by atoms with Crippen LogP contribution in [0.5, 0.6) is 0 Å². The molecule has 1 aromatic rings. The van der Waals surface area contributed by atoms with Gasteiger partial charge in [0.1, 0.15) is 42.3 Å². The molecule has 0 aromatic carbocycles. The van der Waals surface area contributed by atoms with Crippen molar-refractivity contribution in [2.75, 3.05) is 18.5 Å². The van der Waals surface area contributed by atoms with Crippen LogP contribution in [-0.2, 0) is 23.9 Å². The molecule has 0 unspecified atom stereocenters. The van der Waals surface area contributed by atoms with Gasteiger partial charge in [-0.1, -0.05) is 27.7 Å². The number of nitrogens with one attached hydrogen (secondary N) is 3. The first-order valence-corrected chi connectivity index (χ1v) is 14.4. The van der Waals surface area contributed by atoms with Gasteiger partial charge in [0.25, 0.3) is 0 Å². The van der Waals surface area contributed by atoms with Crippen molar-refractivity contribution < 1.29 is 39.2 Å². The zero-order valence-corrected chi connectivity index (χ0v) is 25.0. The maximum absolute atomic E-state index is 13.6. The van der Waals surface area contributed by atoms with Gasteiger partial charge in [-0.15, -0.1) is 0 Å². The number of anilines is 1. The van der Waals surface area contributed by atoms with Crippen LogP contribution in [0.4, 0.5) is 5.82 Å². The SMILES string of the molecule is CC(C)[C@H](N)C(=O)N[C@@H](C)C(=O)N[C@H](C(=O)N1CCC[C@H]1C(=O)Nc1ccn([C@@H]2O[C@H](CO)[C@@H](O)[C@@H]2O)c(=O)n1)C(C)C. The van der Waals surface area contributed by atoms with Gasteiger partial charge in [0.2, 0.25) is 23.6 Å². The summed E-state index contributed by atoms with van der Waals surface area (Å²) in [4.78, 5) is 69.8. The second kappa shape index (κ2) is 14.4. The second-order valence-electron chi connectivity index (χ2n) is 11.6. The van der Waals surface area contributed by atoms with E-state index >= 15 is 0 Å². The molecule has 3 heterocycles. The van der Waals surface area contributed by atoms with Crippen LogP contribution in [0, 0.1) is 11.8 Å². The monoisotopic (exact) mass is 609 g/mol. The molecule has 0 bridgehead atoms. The van der Waals surface area contributed by atoms with E-state index < -0.39 is 84.6 Å². The fourth-order valence-electron chi connectivity index (χ4n) is 4.95. The number of nitrogens with zero attached hydrogens (tertiary/aromatic N) is 3. The van der Waals surface area contributed by atoms with E-state index in [9.17, 15) is 39.3 Å². The Bertz CT molecular complexity index is 1240. The van der Waals surface area contributed by atoms with Crippen LogP contribution in [-0.4, -0.2) is 109 Å². The molecule has 0 radical (unpaired) electrons. The van der Waals surface area contributed by atoms with Crippen molar-refractivity contribution in [1.29, 1.82) is 0 Å². The number of amides is 4. The molecule has 16 heteroatoms. The van der Waals surface area contributed by atoms with Crippen molar-refractivity contribution in [3.05, 3.63) is 22.7 Å². The lowest BCUT2D eigenvalue weighted by atomic mass is 10.0. The summed E-state index contributed by atoms with van der Waals surface area (Å²) >= 11 is 0. The van der Waals surface area contributed by atoms with E-state index in [1.54, 1.807) is 27.7 Å². The third kappa shape index (κ3) is 7.75. The third-order valence-corrected chi connectivity index (χ3v) is 7.71. The predicted octanol–water partition coefficient (Wildman–Crippen LogP) is -2.59. The molecule has 16 nitrogen and oxygen atoms in total. The van der Waals surface area contributed by atoms with Crippen LogP contribution in [0.15, 0.2) is 17.1 Å². The first-order chi connectivity index (χ1) is 20.2. The van der Waals surface area contributed by atoms with Gasteiger partial charge < -0.3 is 46.6 Å². The zero-order valence-electron chi connectivity index (χ0n) is 25.0. The number of hydrogen-bond acceptors (Lipinski definition) is 11. The summed E-state index contributed by atoms with van der Waals surface area (Å²) in [5.74, 6) is -2.68. The standard InChI is InChI=1S/C27H43N7O9/c1-12(2)18(28)24(40)29-14(5)22(38)32-19(13(3)4)25(41)33-9-6-7-15(33)23(39)30-17-8-10-34(27(42)31-17)26-21(37)20(36)16(11-35)43-26/h8,10,12-16,18-21,26,35-37H,6-7,9,11,28H2,1-5H3,(H,29,40)(H,32,38)(H,30,31,39,42)/t14-,15-,16+,18-,19-,20+,21-,26+/m0/s1. The lowest BCUT2D eigenvalue weighted by Gasteiger charge is -2.31. The van der Waals surface area contributed by atoms with Crippen molar-refractivity contribution >= 4 is 29.4 Å². The fraction of sp³-hybridized carbons (Fsp3) is 0.704. The summed E-state index contributed by atoms with van der Waals surface area (Å²) in [7, 11) is 0. The first kappa shape index (κ1) is 34.1. The van der Waals surface area contributed by atoms with Crippen molar-refractivity contribution in [3.63, 3.8) is 0 Å². The molecular formula is C27H43N7O9. The van der Waals surface area contributed by atoms with Gasteiger partial charge in [-0.2, -0.15) is 4.98 Å². The number of ether oxygens (including phenoxy) is 1. The average Bonchev–Trinajstić information content (AvgIpc) is 3.55. The Morgan fingerprint density at radius 3 is 2.30 bits per heavy atom. The highest BCUT2D eigenvalue weighted by atomic mass is 16.6. The van der Waals surface area contributed by atoms with Crippen LogP contribution < -0.4 is 27.4 Å². The Balaban J connectivity index is 1.67. The molecule has 43 heavy (non-hydrogen) atoms. The molecule has 1 aromatic heterocycles. The molecule has 8 N–H and O–H groups in total. The van der Waals surface area contributed by atoms with Gasteiger partial charge >= 0.3 is 5.69 Å². The fourth-order valence-corrected chi connectivity index (χ4v) is 4.95. The lowest BCUT2D eigenvalue weighted by Crippen LogP contribution is -2.58. The molecule has 2 aliphatic rings. The van der Waals surface area contributed by atoms with Crippen molar-refractivity contribution in [2.24, 2.45) is 17.6 Å². The average molecular weight is 610 g/mol. The van der Waals surface area contributed by atoms with Gasteiger partial charge in [0.05, 0.1) is 12.6 Å². The largest absolute Gasteiger partial charge is 0.394 e. The number of aromatic nitrogens is 2. The Morgan fingerprint density at radius 1 is 1.07 bits per heavy atom. The van der Waals surface area contributed by atoms with E-state index in [1.807, 2.05) is 0 Å². The first-order valence-electron chi connectivity index (χ1n) is 14.4. The van der Waals surface area contributed by atoms with Gasteiger partial charge in [-0.25, -0.2) is 4.79 Å². The smallest absolute Gasteiger partial charge is 0.351 e. The molecule has 3 rings (SSSR count). The topological polar surface area (TPSA) is 238 Å². The zero-order chi connectivity index (χ0) is 32.2. The highest BCUT2D eigenvalue weighted by molar-refractivity contribution is 5.99. The van der Waals surface area contributed by atoms with Crippen LogP contribution in [0.2, 0.25) is 0 Å². The Labute approximate surface area is 249 Å². The predicted molar refractivity (Wildman–Crippen MR) is 152 cm³/mol. The van der Waals surface area contributed by atoms with Crippen LogP contribution in [0.25, 0.3) is 0 Å². The molecule has 240 valence electrons. The quantitative estimate of drug-likeness (QED) is 0.137. The van der Waals surface area contributed by atoms with Crippen molar-refractivity contribution in [3.8, 4) is 0 Å². The molecule has 4 amide bonds. The second-order valence-corrected chi connectivity index (χ2v) is 11.6. The third-order valence-electron chi connectivity index (χ3n) is 7.71. The number of nitrogens with two attached hydrogens (primary N) is 1. The summed E-state index contributed by atoms with van der Waals surface area (Å²) in [5, 5.41) is 37.2. The summed E-state index contributed by atoms with van der Waals surface area (Å²) in [6, 6.07) is -2.32. The van der Waals surface area contributed by atoms with Gasteiger partial charge in [-0.05, 0) is 37.7 Å². The molecule has 0 saturated carbocycles. The van der Waals surface area contributed by atoms with E-state index in [0.717, 1.165) is 4.57 Å².